The van der Waals surface area contributed by atoms with Gasteiger partial charge in [0, 0.05) is 163 Å². The van der Waals surface area contributed by atoms with Gasteiger partial charge in [-0.2, -0.15) is 60.7 Å². The summed E-state index contributed by atoms with van der Waals surface area (Å²) in [5.74, 6) is 0.291. The summed E-state index contributed by atoms with van der Waals surface area (Å²) in [4.78, 5) is 24.9. The van der Waals surface area contributed by atoms with Gasteiger partial charge in [0.1, 0.15) is 5.75 Å². The van der Waals surface area contributed by atoms with E-state index in [1.54, 1.807) is 36.4 Å². The van der Waals surface area contributed by atoms with E-state index in [9.17, 15) is 0 Å². The summed E-state index contributed by atoms with van der Waals surface area (Å²) in [5, 5.41) is 52.3. The van der Waals surface area contributed by atoms with Crippen LogP contribution in [0, 0.1) is 160 Å². The molecule has 3 radical (unpaired) electrons. The molecule has 0 aliphatic carbocycles. The van der Waals surface area contributed by atoms with Gasteiger partial charge in [-0.1, -0.05) is 54.2 Å². The van der Waals surface area contributed by atoms with Crippen LogP contribution in [0.15, 0.2) is 81.7 Å². The fourth-order valence-corrected chi connectivity index (χ4v) is 3.81. The van der Waals surface area contributed by atoms with E-state index in [2.05, 4.69) is 71.7 Å². The molecule has 2 aliphatic rings. The third-order valence-corrected chi connectivity index (χ3v) is 6.27. The molecule has 0 aromatic heterocycles. The van der Waals surface area contributed by atoms with Crippen LogP contribution in [0.4, 0.5) is 0 Å². The molecule has 55 heavy (non-hydrogen) atoms. The summed E-state index contributed by atoms with van der Waals surface area (Å²) in [5.41, 5.74) is 0.645. The molecular weight excluding hydrogens is 1230 g/mol. The minimum Gasteiger partial charge on any atom is -0.508 e. The summed E-state index contributed by atoms with van der Waals surface area (Å²) >= 11 is 6.48. The molecule has 2 aliphatic heterocycles. The molecule has 0 spiro atoms. The molecule has 24 heteroatoms. The van der Waals surface area contributed by atoms with Gasteiger partial charge >= 0.3 is 21.1 Å². The minimum atomic E-state index is -1.37. The molecule has 2 fully saturated rings. The van der Waals surface area contributed by atoms with Gasteiger partial charge < -0.3 is 33.8 Å². The van der Waals surface area contributed by atoms with E-state index in [1.807, 2.05) is 30.3 Å². The SMILES string of the molecule is Brc1c[c-]ccc1.CC1(C)COB(B2OCC(C)(C)CO2)OC1.C[N+](=O)[O-].C[N+](=O)[O-].C[N+](=O)[O-].OB(O)c1c[c-]ccc1.Oc1cccc(Br)c1.[La].[La].[La]. The second kappa shape index (κ2) is 37.2. The number of nitro groups is 3. The van der Waals surface area contributed by atoms with E-state index in [0.717, 1.165) is 30.1 Å². The average molecular weight is 1280 g/mol. The third kappa shape index (κ3) is 43.6. The third-order valence-electron chi connectivity index (χ3n) is 5.28. The van der Waals surface area contributed by atoms with Crippen molar-refractivity contribution in [1.29, 1.82) is 0 Å². The molecule has 2 heterocycles. The molecular formula is C31H44B3Br2La3N3O13-2. The molecule has 3 aromatic rings. The first kappa shape index (κ1) is 64.3. The van der Waals surface area contributed by atoms with Crippen molar-refractivity contribution in [2.24, 2.45) is 10.8 Å². The van der Waals surface area contributed by atoms with Crippen LogP contribution in [0.2, 0.25) is 0 Å². The zero-order valence-electron chi connectivity index (χ0n) is 31.7. The van der Waals surface area contributed by atoms with Gasteiger partial charge in [-0.25, -0.2) is 0 Å². The van der Waals surface area contributed by atoms with E-state index in [-0.39, 0.29) is 132 Å². The van der Waals surface area contributed by atoms with Crippen LogP contribution < -0.4 is 5.46 Å². The molecule has 0 atom stereocenters. The monoisotopic (exact) mass is 1270 g/mol. The topological polar surface area (TPSA) is 227 Å². The molecule has 2 saturated heterocycles. The van der Waals surface area contributed by atoms with E-state index < -0.39 is 21.9 Å². The molecule has 5 rings (SSSR count). The predicted molar refractivity (Wildman–Crippen MR) is 206 cm³/mol. The Labute approximate surface area is 424 Å². The number of rotatable bonds is 2. The van der Waals surface area contributed by atoms with Gasteiger partial charge in [-0.05, 0) is 18.2 Å². The van der Waals surface area contributed by atoms with Crippen LogP contribution in [0.5, 0.6) is 5.75 Å². The maximum absolute atomic E-state index is 8.81. The number of aromatic hydroxyl groups is 1. The summed E-state index contributed by atoms with van der Waals surface area (Å²) in [6, 6.07) is 26.7. The number of hydrogen-bond donors (Lipinski definition) is 3. The average Bonchev–Trinajstić information content (AvgIpc) is 3.02. The fraction of sp³-hybridized carbons (Fsp3) is 0.419. The summed E-state index contributed by atoms with van der Waals surface area (Å²) in [6.07, 6.45) is 0. The maximum Gasteiger partial charge on any atom is 0.488 e. The second-order valence-corrected chi connectivity index (χ2v) is 13.9. The van der Waals surface area contributed by atoms with Gasteiger partial charge in [0.15, 0.2) is 21.1 Å². The van der Waals surface area contributed by atoms with Gasteiger partial charge in [-0.3, -0.25) is 30.3 Å². The molecule has 295 valence electrons. The second-order valence-electron chi connectivity index (χ2n) is 12.0. The standard InChI is InChI=1S/C10H20B2O4.C6H6BO2.C6H5BrO.C6H4Br.3CH3NO2.3La/c1-9(2)5-13-11(14-6-9)12-15-7-10(3,4)8-16-12;8-7(9)6-4-2-1-3-5-6;7-5-2-1-3-6(8)4-5;7-6-4-2-1-3-5-6;3*1-2(3)4;;;/h5-8H2,1-4H3;1-2,4-5,8-9H;1-4,8H;1-2,4-5H;3*1H3;;;/q;-1;;-1;;;;;;. The Morgan fingerprint density at radius 1 is 0.673 bits per heavy atom. The van der Waals surface area contributed by atoms with Crippen LogP contribution >= 0.6 is 31.9 Å². The molecule has 16 nitrogen and oxygen atoms in total. The molecule has 3 aromatic carbocycles. The van der Waals surface area contributed by atoms with Gasteiger partial charge in [0.2, 0.25) is 0 Å². The number of halogens is 2. The molecule has 0 bridgehead atoms. The number of phenolic OH excluding ortho intramolecular Hbond substituents is 1. The maximum atomic E-state index is 8.81. The first-order valence-electron chi connectivity index (χ1n) is 15.2. The molecule has 0 amide bonds. The van der Waals surface area contributed by atoms with Crippen molar-refractivity contribution in [1.82, 2.24) is 0 Å². The quantitative estimate of drug-likeness (QED) is 0.140. The number of phenols is 1. The molecule has 0 saturated carbocycles. The Kier molecular flexibility index (Phi) is 43.5. The smallest absolute Gasteiger partial charge is 0.488 e. The van der Waals surface area contributed by atoms with Crippen LogP contribution in [-0.4, -0.2) is 98.6 Å². The van der Waals surface area contributed by atoms with E-state index in [1.165, 1.54) is 6.07 Å². The van der Waals surface area contributed by atoms with Crippen molar-refractivity contribution in [3.05, 3.63) is 124 Å². The molecule has 0 unspecified atom stereocenters. The van der Waals surface area contributed by atoms with Crippen molar-refractivity contribution in [3.63, 3.8) is 0 Å². The summed E-state index contributed by atoms with van der Waals surface area (Å²) in [6.45, 7) is 11.2. The zero-order valence-corrected chi connectivity index (χ0v) is 45.8. The van der Waals surface area contributed by atoms with Crippen LogP contribution in [-0.2, 0) is 18.6 Å². The van der Waals surface area contributed by atoms with Crippen LogP contribution in [0.1, 0.15) is 27.7 Å². The Morgan fingerprint density at radius 2 is 1.02 bits per heavy atom. The van der Waals surface area contributed by atoms with Crippen molar-refractivity contribution < 1.29 is 155 Å². The zero-order chi connectivity index (χ0) is 40.3. The van der Waals surface area contributed by atoms with Gasteiger partial charge in [-0.15, -0.1) is 21.4 Å². The minimum absolute atomic E-state index is 0. The van der Waals surface area contributed by atoms with E-state index >= 15 is 0 Å². The first-order chi connectivity index (χ1) is 24.1. The predicted octanol–water partition coefficient (Wildman–Crippen LogP) is 4.44. The van der Waals surface area contributed by atoms with Crippen LogP contribution in [0.3, 0.4) is 0 Å². The van der Waals surface area contributed by atoms with Crippen molar-refractivity contribution in [2.75, 3.05) is 47.6 Å². The van der Waals surface area contributed by atoms with Crippen LogP contribution in [0.25, 0.3) is 0 Å². The summed E-state index contributed by atoms with van der Waals surface area (Å²) in [7, 11) is 0.552. The number of benzene rings is 3. The van der Waals surface area contributed by atoms with E-state index in [4.69, 9.17) is 64.1 Å². The Morgan fingerprint density at radius 3 is 1.22 bits per heavy atom. The largest absolute Gasteiger partial charge is 0.508 e. The molecule has 3 N–H and O–H groups in total. The van der Waals surface area contributed by atoms with Gasteiger partial charge in [0.25, 0.3) is 0 Å². The Bertz CT molecular complexity index is 1330. The van der Waals surface area contributed by atoms with E-state index in [0.29, 0.717) is 37.6 Å². The first-order valence-corrected chi connectivity index (χ1v) is 16.7. The Hall–Kier alpha value is 0.159. The normalized spacial score (nSPS) is 13.8. The van der Waals surface area contributed by atoms with Gasteiger partial charge in [0.05, 0.1) is 0 Å². The number of nitrogens with zero attached hydrogens (tertiary/aromatic N) is 3. The fourth-order valence-electron chi connectivity index (χ4n) is 3.14. The number of hydrogen-bond acceptors (Lipinski definition) is 13. The van der Waals surface area contributed by atoms with Crippen molar-refractivity contribution in [3.8, 4) is 5.75 Å². The van der Waals surface area contributed by atoms with Crippen molar-refractivity contribution in [2.45, 2.75) is 27.7 Å². The Balaban J connectivity index is -0.000000187. The summed E-state index contributed by atoms with van der Waals surface area (Å²) < 4.78 is 24.5. The van der Waals surface area contributed by atoms with Crippen molar-refractivity contribution >= 4 is 58.5 Å².